The zero-order valence-corrected chi connectivity index (χ0v) is 11.5. The Bertz CT molecular complexity index is 507. The van der Waals surface area contributed by atoms with Crippen LogP contribution in [0.4, 0.5) is 9.59 Å². The minimum atomic E-state index is -1.07. The van der Waals surface area contributed by atoms with Crippen molar-refractivity contribution in [1.82, 2.24) is 10.2 Å². The van der Waals surface area contributed by atoms with Gasteiger partial charge in [0.2, 0.25) is 0 Å². The van der Waals surface area contributed by atoms with Gasteiger partial charge in [-0.1, -0.05) is 30.3 Å². The molecule has 1 aromatic carbocycles. The molecular formula is C14H18N2O5. The molecule has 0 aromatic heterocycles. The van der Waals surface area contributed by atoms with E-state index in [0.717, 1.165) is 10.5 Å². The number of nitrogens with zero attached hydrogens (tertiary/aromatic N) is 1. The first-order valence-corrected chi connectivity index (χ1v) is 6.62. The highest BCUT2D eigenvalue weighted by Crippen LogP contribution is 2.21. The second-order valence-corrected chi connectivity index (χ2v) is 5.08. The molecule has 7 nitrogen and oxygen atoms in total. The average Bonchev–Trinajstić information content (AvgIpc) is 2.91. The molecule has 1 aliphatic heterocycles. The topological polar surface area (TPSA) is 99.1 Å². The van der Waals surface area contributed by atoms with Gasteiger partial charge < -0.3 is 25.2 Å². The van der Waals surface area contributed by atoms with Crippen LogP contribution in [0.3, 0.4) is 0 Å². The van der Waals surface area contributed by atoms with Gasteiger partial charge in [0.25, 0.3) is 0 Å². The summed E-state index contributed by atoms with van der Waals surface area (Å²) >= 11 is 0. The Labute approximate surface area is 122 Å². The predicted octanol–water partition coefficient (Wildman–Crippen LogP) is 1.03. The fraction of sp³-hybridized carbons (Fsp3) is 0.429. The molecule has 1 atom stereocenters. The van der Waals surface area contributed by atoms with Gasteiger partial charge in [-0.05, 0) is 12.0 Å². The van der Waals surface area contributed by atoms with Gasteiger partial charge in [-0.25, -0.2) is 9.59 Å². The van der Waals surface area contributed by atoms with Crippen LogP contribution in [0.5, 0.6) is 0 Å². The van der Waals surface area contributed by atoms with Gasteiger partial charge in [-0.2, -0.15) is 0 Å². The van der Waals surface area contributed by atoms with Gasteiger partial charge >= 0.3 is 12.2 Å². The molecule has 0 saturated carbocycles. The molecule has 0 radical (unpaired) electrons. The maximum absolute atomic E-state index is 11.8. The van der Waals surface area contributed by atoms with E-state index < -0.39 is 17.7 Å². The van der Waals surface area contributed by atoms with E-state index in [2.05, 4.69) is 5.32 Å². The van der Waals surface area contributed by atoms with Crippen molar-refractivity contribution in [3.8, 4) is 0 Å². The monoisotopic (exact) mass is 294 g/mol. The van der Waals surface area contributed by atoms with E-state index in [-0.39, 0.29) is 26.3 Å². The first kappa shape index (κ1) is 15.1. The number of carbonyl (C=O) groups excluding carboxylic acids is 1. The highest BCUT2D eigenvalue weighted by molar-refractivity contribution is 5.70. The maximum atomic E-state index is 11.8. The molecular weight excluding hydrogens is 276 g/mol. The predicted molar refractivity (Wildman–Crippen MR) is 73.8 cm³/mol. The molecule has 1 heterocycles. The Morgan fingerprint density at radius 2 is 2.05 bits per heavy atom. The van der Waals surface area contributed by atoms with Crippen LogP contribution in [0.1, 0.15) is 12.0 Å². The Morgan fingerprint density at radius 1 is 1.33 bits per heavy atom. The Kier molecular flexibility index (Phi) is 4.64. The summed E-state index contributed by atoms with van der Waals surface area (Å²) in [4.78, 5) is 23.9. The van der Waals surface area contributed by atoms with Gasteiger partial charge in [-0.3, -0.25) is 0 Å². The van der Waals surface area contributed by atoms with E-state index >= 15 is 0 Å². The van der Waals surface area contributed by atoms with Gasteiger partial charge in [0.05, 0.1) is 12.1 Å². The lowest BCUT2D eigenvalue weighted by atomic mass is 10.0. The van der Waals surface area contributed by atoms with Gasteiger partial charge in [0.1, 0.15) is 6.61 Å². The SMILES string of the molecule is O=C(N[C@@]1(CO)CCN(C(=O)O)C1)OCc1ccccc1. The van der Waals surface area contributed by atoms with Crippen molar-refractivity contribution in [3.63, 3.8) is 0 Å². The van der Waals surface area contributed by atoms with Crippen molar-refractivity contribution in [2.75, 3.05) is 19.7 Å². The van der Waals surface area contributed by atoms with Gasteiger partial charge in [0, 0.05) is 13.1 Å². The number of amides is 2. The van der Waals surface area contributed by atoms with Crippen LogP contribution >= 0.6 is 0 Å². The number of benzene rings is 1. The molecule has 7 heteroatoms. The molecule has 1 fully saturated rings. The molecule has 1 saturated heterocycles. The van der Waals surface area contributed by atoms with Crippen LogP contribution in [0.2, 0.25) is 0 Å². The summed E-state index contributed by atoms with van der Waals surface area (Å²) in [5.74, 6) is 0. The van der Waals surface area contributed by atoms with Crippen LogP contribution in [0.25, 0.3) is 0 Å². The first-order chi connectivity index (χ1) is 10.0. The number of hydrogen-bond acceptors (Lipinski definition) is 4. The standard InChI is InChI=1S/C14H18N2O5/c17-10-14(6-7-16(9-14)13(19)20)15-12(18)21-8-11-4-2-1-3-5-11/h1-5,17H,6-10H2,(H,15,18)(H,19,20)/t14-/m0/s1. The average molecular weight is 294 g/mol. The van der Waals surface area contributed by atoms with Crippen molar-refractivity contribution in [1.29, 1.82) is 0 Å². The number of ether oxygens (including phenoxy) is 1. The second kappa shape index (κ2) is 6.45. The quantitative estimate of drug-likeness (QED) is 0.770. The number of carboxylic acid groups (broad SMARTS) is 1. The first-order valence-electron chi connectivity index (χ1n) is 6.62. The van der Waals surface area contributed by atoms with E-state index in [9.17, 15) is 14.7 Å². The molecule has 0 unspecified atom stereocenters. The number of nitrogens with one attached hydrogen (secondary N) is 1. The smallest absolute Gasteiger partial charge is 0.408 e. The highest BCUT2D eigenvalue weighted by atomic mass is 16.5. The number of likely N-dealkylation sites (tertiary alicyclic amines) is 1. The number of hydrogen-bond donors (Lipinski definition) is 3. The lowest BCUT2D eigenvalue weighted by Crippen LogP contribution is -2.53. The maximum Gasteiger partial charge on any atom is 0.408 e. The van der Waals surface area contributed by atoms with Crippen LogP contribution in [0.15, 0.2) is 30.3 Å². The zero-order chi connectivity index (χ0) is 15.3. The Hall–Kier alpha value is -2.28. The molecule has 114 valence electrons. The molecule has 2 rings (SSSR count). The van der Waals surface area contributed by atoms with E-state index in [0.29, 0.717) is 6.42 Å². The number of aliphatic hydroxyl groups is 1. The fourth-order valence-electron chi connectivity index (χ4n) is 2.28. The zero-order valence-electron chi connectivity index (χ0n) is 11.5. The number of aliphatic hydroxyl groups excluding tert-OH is 1. The largest absolute Gasteiger partial charge is 0.465 e. The summed E-state index contributed by atoms with van der Waals surface area (Å²) in [6.45, 7) is 0.113. The Balaban J connectivity index is 1.87. The van der Waals surface area contributed by atoms with Crippen molar-refractivity contribution in [3.05, 3.63) is 35.9 Å². The van der Waals surface area contributed by atoms with Crippen molar-refractivity contribution < 1.29 is 24.5 Å². The van der Waals surface area contributed by atoms with Crippen molar-refractivity contribution in [2.24, 2.45) is 0 Å². The summed E-state index contributed by atoms with van der Waals surface area (Å²) in [6, 6.07) is 9.21. The summed E-state index contributed by atoms with van der Waals surface area (Å²) in [5, 5.41) is 21.0. The number of rotatable bonds is 4. The van der Waals surface area contributed by atoms with E-state index in [1.165, 1.54) is 0 Å². The fourth-order valence-corrected chi connectivity index (χ4v) is 2.28. The van der Waals surface area contributed by atoms with E-state index in [4.69, 9.17) is 9.84 Å². The van der Waals surface area contributed by atoms with E-state index in [1.807, 2.05) is 30.3 Å². The van der Waals surface area contributed by atoms with Crippen molar-refractivity contribution >= 4 is 12.2 Å². The Morgan fingerprint density at radius 3 is 2.62 bits per heavy atom. The van der Waals surface area contributed by atoms with E-state index in [1.54, 1.807) is 0 Å². The molecule has 0 bridgehead atoms. The van der Waals surface area contributed by atoms with Gasteiger partial charge in [-0.15, -0.1) is 0 Å². The molecule has 0 spiro atoms. The minimum Gasteiger partial charge on any atom is -0.465 e. The molecule has 2 amide bonds. The van der Waals surface area contributed by atoms with Crippen LogP contribution < -0.4 is 5.32 Å². The molecule has 1 aliphatic rings. The summed E-state index contributed by atoms with van der Waals surface area (Å²) in [6.07, 6.45) is -1.37. The molecule has 1 aromatic rings. The number of carbonyl (C=O) groups is 2. The third kappa shape index (κ3) is 3.85. The molecule has 0 aliphatic carbocycles. The lowest BCUT2D eigenvalue weighted by molar-refractivity contribution is 0.105. The normalized spacial score (nSPS) is 21.1. The summed E-state index contributed by atoms with van der Waals surface area (Å²) in [7, 11) is 0. The van der Waals surface area contributed by atoms with Gasteiger partial charge in [0.15, 0.2) is 0 Å². The lowest BCUT2D eigenvalue weighted by Gasteiger charge is -2.27. The number of alkyl carbamates (subject to hydrolysis) is 1. The summed E-state index contributed by atoms with van der Waals surface area (Å²) < 4.78 is 5.09. The highest BCUT2D eigenvalue weighted by Gasteiger charge is 2.41. The second-order valence-electron chi connectivity index (χ2n) is 5.08. The minimum absolute atomic E-state index is 0.0548. The summed E-state index contributed by atoms with van der Waals surface area (Å²) in [5.41, 5.74) is -0.115. The van der Waals surface area contributed by atoms with Crippen LogP contribution in [-0.2, 0) is 11.3 Å². The van der Waals surface area contributed by atoms with Crippen LogP contribution in [0, 0.1) is 0 Å². The van der Waals surface area contributed by atoms with Crippen molar-refractivity contribution in [2.45, 2.75) is 18.6 Å². The third-order valence-electron chi connectivity index (χ3n) is 3.51. The molecule has 21 heavy (non-hydrogen) atoms. The molecule has 3 N–H and O–H groups in total. The van der Waals surface area contributed by atoms with Crippen LogP contribution in [-0.4, -0.2) is 52.5 Å². The third-order valence-corrected chi connectivity index (χ3v) is 3.51.